The molecule has 0 radical (unpaired) electrons. The van der Waals surface area contributed by atoms with E-state index in [9.17, 15) is 0 Å². The number of hydrogen-bond acceptors (Lipinski definition) is 4. The van der Waals surface area contributed by atoms with Gasteiger partial charge >= 0.3 is 0 Å². The summed E-state index contributed by atoms with van der Waals surface area (Å²) in [5.41, 5.74) is 7.60. The summed E-state index contributed by atoms with van der Waals surface area (Å²) in [6.45, 7) is 0.822. The second-order valence-electron chi connectivity index (χ2n) is 3.65. The van der Waals surface area contributed by atoms with E-state index in [-0.39, 0.29) is 0 Å². The summed E-state index contributed by atoms with van der Waals surface area (Å²) in [6, 6.07) is 2.12. The Labute approximate surface area is 121 Å². The van der Waals surface area contributed by atoms with Gasteiger partial charge in [-0.2, -0.15) is 0 Å². The molecule has 0 aromatic carbocycles. The zero-order valence-corrected chi connectivity index (χ0v) is 13.1. The predicted octanol–water partition coefficient (Wildman–Crippen LogP) is 3.89. The van der Waals surface area contributed by atoms with Gasteiger partial charge in [0.1, 0.15) is 0 Å². The number of pyridine rings is 1. The molecule has 2 N–H and O–H groups in total. The molecule has 0 saturated heterocycles. The van der Waals surface area contributed by atoms with Crippen molar-refractivity contribution in [3.8, 4) is 0 Å². The Bertz CT molecular complexity index is 507. The van der Waals surface area contributed by atoms with Gasteiger partial charge in [0.05, 0.1) is 28.6 Å². The topological polar surface area (TPSA) is 42.1 Å². The Morgan fingerprint density at radius 1 is 1.41 bits per heavy atom. The van der Waals surface area contributed by atoms with Crippen molar-refractivity contribution in [1.82, 2.24) is 4.98 Å². The number of anilines is 2. The van der Waals surface area contributed by atoms with Gasteiger partial charge in [0.2, 0.25) is 0 Å². The molecular weight excluding hydrogens is 366 g/mol. The number of nitrogen functional groups attached to an aromatic ring is 1. The normalized spacial score (nSPS) is 10.5. The van der Waals surface area contributed by atoms with E-state index < -0.39 is 0 Å². The van der Waals surface area contributed by atoms with E-state index in [1.165, 1.54) is 4.88 Å². The van der Waals surface area contributed by atoms with Crippen molar-refractivity contribution < 1.29 is 0 Å². The van der Waals surface area contributed by atoms with Crippen LogP contribution < -0.4 is 10.6 Å². The highest BCUT2D eigenvalue weighted by Crippen LogP contribution is 2.32. The number of thiophene rings is 1. The van der Waals surface area contributed by atoms with Crippen molar-refractivity contribution in [3.63, 3.8) is 0 Å². The van der Waals surface area contributed by atoms with Crippen molar-refractivity contribution >= 4 is 54.6 Å². The number of halogens is 2. The molecule has 0 bridgehead atoms. The standard InChI is InChI=1S/C11H11Br2N3S/c1-16(5-8-2-7(12)6-17-8)11-9(13)3-15-4-10(11)14/h2-4,6H,5,14H2,1H3. The lowest BCUT2D eigenvalue weighted by atomic mass is 10.3. The van der Waals surface area contributed by atoms with Gasteiger partial charge in [0.15, 0.2) is 0 Å². The van der Waals surface area contributed by atoms with Crippen LogP contribution in [0.5, 0.6) is 0 Å². The number of aromatic nitrogens is 1. The molecule has 0 aliphatic carbocycles. The van der Waals surface area contributed by atoms with Crippen LogP contribution in [0.25, 0.3) is 0 Å². The molecule has 0 fully saturated rings. The zero-order valence-electron chi connectivity index (χ0n) is 9.15. The Balaban J connectivity index is 2.22. The number of rotatable bonds is 3. The van der Waals surface area contributed by atoms with E-state index in [4.69, 9.17) is 5.73 Å². The van der Waals surface area contributed by atoms with Gasteiger partial charge in [0, 0.05) is 28.0 Å². The maximum absolute atomic E-state index is 5.94. The Kier molecular flexibility index (Phi) is 4.06. The number of nitrogens with two attached hydrogens (primary N) is 1. The molecule has 6 heteroatoms. The van der Waals surface area contributed by atoms with E-state index in [1.54, 1.807) is 23.7 Å². The van der Waals surface area contributed by atoms with Gasteiger partial charge < -0.3 is 10.6 Å². The van der Waals surface area contributed by atoms with Crippen molar-refractivity contribution in [2.45, 2.75) is 6.54 Å². The molecule has 2 aromatic rings. The lowest BCUT2D eigenvalue weighted by Gasteiger charge is -2.21. The zero-order chi connectivity index (χ0) is 12.4. The monoisotopic (exact) mass is 375 g/mol. The largest absolute Gasteiger partial charge is 0.396 e. The summed E-state index contributed by atoms with van der Waals surface area (Å²) < 4.78 is 2.03. The molecule has 2 aromatic heterocycles. The third-order valence-electron chi connectivity index (χ3n) is 2.30. The van der Waals surface area contributed by atoms with Crippen LogP contribution in [-0.2, 0) is 6.54 Å². The van der Waals surface area contributed by atoms with Crippen molar-refractivity contribution in [3.05, 3.63) is 37.7 Å². The number of nitrogens with zero attached hydrogens (tertiary/aromatic N) is 2. The van der Waals surface area contributed by atoms with E-state index >= 15 is 0 Å². The van der Waals surface area contributed by atoms with Crippen LogP contribution in [0.2, 0.25) is 0 Å². The fourth-order valence-corrected chi connectivity index (χ4v) is 3.75. The van der Waals surface area contributed by atoms with Crippen LogP contribution in [0.15, 0.2) is 32.8 Å². The minimum absolute atomic E-state index is 0.678. The van der Waals surface area contributed by atoms with Crippen LogP contribution in [0.1, 0.15) is 4.88 Å². The predicted molar refractivity (Wildman–Crippen MR) is 80.5 cm³/mol. The van der Waals surface area contributed by atoms with Gasteiger partial charge in [-0.1, -0.05) is 0 Å². The third-order valence-corrected chi connectivity index (χ3v) is 4.56. The lowest BCUT2D eigenvalue weighted by molar-refractivity contribution is 0.935. The molecule has 2 heterocycles. The van der Waals surface area contributed by atoms with Gasteiger partial charge in [-0.25, -0.2) is 0 Å². The molecule has 17 heavy (non-hydrogen) atoms. The summed E-state index contributed by atoms with van der Waals surface area (Å²) in [6.07, 6.45) is 3.42. The van der Waals surface area contributed by atoms with E-state index in [2.05, 4.69) is 53.2 Å². The van der Waals surface area contributed by atoms with Gasteiger partial charge in [-0.3, -0.25) is 4.98 Å². The Morgan fingerprint density at radius 3 is 2.76 bits per heavy atom. The average Bonchev–Trinajstić information content (AvgIpc) is 2.63. The SMILES string of the molecule is CN(Cc1cc(Br)cs1)c1c(N)cncc1Br. The highest BCUT2D eigenvalue weighted by Gasteiger charge is 2.11. The summed E-state index contributed by atoms with van der Waals surface area (Å²) in [7, 11) is 2.02. The number of hydrogen-bond donors (Lipinski definition) is 1. The average molecular weight is 377 g/mol. The van der Waals surface area contributed by atoms with Gasteiger partial charge in [-0.15, -0.1) is 11.3 Å². The molecule has 0 unspecified atom stereocenters. The van der Waals surface area contributed by atoms with Gasteiger partial charge in [-0.05, 0) is 37.9 Å². The first-order valence-corrected chi connectivity index (χ1v) is 7.37. The second kappa shape index (κ2) is 5.37. The maximum Gasteiger partial charge on any atom is 0.0776 e. The highest BCUT2D eigenvalue weighted by molar-refractivity contribution is 9.10. The molecule has 0 atom stereocenters. The van der Waals surface area contributed by atoms with E-state index in [0.717, 1.165) is 21.2 Å². The lowest BCUT2D eigenvalue weighted by Crippen LogP contribution is -2.17. The maximum atomic E-state index is 5.94. The summed E-state index contributed by atoms with van der Waals surface area (Å²) in [5.74, 6) is 0. The fraction of sp³-hybridized carbons (Fsp3) is 0.182. The van der Waals surface area contributed by atoms with Crippen molar-refractivity contribution in [1.29, 1.82) is 0 Å². The van der Waals surface area contributed by atoms with Crippen molar-refractivity contribution in [2.75, 3.05) is 17.7 Å². The van der Waals surface area contributed by atoms with Crippen molar-refractivity contribution in [2.24, 2.45) is 0 Å². The minimum atomic E-state index is 0.678. The van der Waals surface area contributed by atoms with Gasteiger partial charge in [0.25, 0.3) is 0 Å². The van der Waals surface area contributed by atoms with Crippen LogP contribution in [0, 0.1) is 0 Å². The second-order valence-corrected chi connectivity index (χ2v) is 6.41. The van der Waals surface area contributed by atoms with Crippen LogP contribution in [0.3, 0.4) is 0 Å². The molecular formula is C11H11Br2N3S. The van der Waals surface area contributed by atoms with Crippen LogP contribution >= 0.6 is 43.2 Å². The van der Waals surface area contributed by atoms with Crippen LogP contribution in [-0.4, -0.2) is 12.0 Å². The molecule has 0 aliphatic rings. The molecule has 3 nitrogen and oxygen atoms in total. The van der Waals surface area contributed by atoms with E-state index in [0.29, 0.717) is 5.69 Å². The smallest absolute Gasteiger partial charge is 0.0776 e. The van der Waals surface area contributed by atoms with Crippen LogP contribution in [0.4, 0.5) is 11.4 Å². The highest BCUT2D eigenvalue weighted by atomic mass is 79.9. The Hall–Kier alpha value is -0.590. The molecule has 0 spiro atoms. The quantitative estimate of drug-likeness (QED) is 0.883. The molecule has 0 aliphatic heterocycles. The first-order chi connectivity index (χ1) is 8.08. The molecule has 2 rings (SSSR count). The third kappa shape index (κ3) is 3.00. The minimum Gasteiger partial charge on any atom is -0.396 e. The first kappa shape index (κ1) is 12.9. The fourth-order valence-electron chi connectivity index (χ4n) is 1.60. The molecule has 0 amide bonds. The van der Waals surface area contributed by atoms with E-state index in [1.807, 2.05) is 7.05 Å². The summed E-state index contributed by atoms with van der Waals surface area (Å²) >= 11 is 8.66. The Morgan fingerprint density at radius 2 is 2.18 bits per heavy atom. The molecule has 0 saturated carbocycles. The summed E-state index contributed by atoms with van der Waals surface area (Å²) in [5, 5.41) is 2.08. The first-order valence-electron chi connectivity index (χ1n) is 4.91. The molecule has 90 valence electrons. The summed E-state index contributed by atoms with van der Waals surface area (Å²) in [4.78, 5) is 7.43.